The predicted molar refractivity (Wildman–Crippen MR) is 139 cm³/mol. The van der Waals surface area contributed by atoms with E-state index >= 15 is 0 Å². The molecule has 36 heavy (non-hydrogen) atoms. The van der Waals surface area contributed by atoms with Gasteiger partial charge in [0, 0.05) is 0 Å². The van der Waals surface area contributed by atoms with Crippen LogP contribution in [0.15, 0.2) is 102 Å². The van der Waals surface area contributed by atoms with E-state index in [4.69, 9.17) is 0 Å². The Bertz CT molecular complexity index is 1610. The second kappa shape index (κ2) is 9.61. The van der Waals surface area contributed by atoms with Gasteiger partial charge in [0.15, 0.2) is 0 Å². The zero-order valence-electron chi connectivity index (χ0n) is 20.2. The Hall–Kier alpha value is -2.18. The minimum absolute atomic E-state index is 0. The molecule has 0 spiro atoms. The normalized spacial score (nSPS) is 21.3. The molecule has 3 heteroatoms. The van der Waals surface area contributed by atoms with Gasteiger partial charge in [-0.25, -0.2) is 0 Å². The minimum atomic E-state index is 0. The van der Waals surface area contributed by atoms with E-state index in [9.17, 15) is 0 Å². The quantitative estimate of drug-likeness (QED) is 0.341. The van der Waals surface area contributed by atoms with Gasteiger partial charge in [0.25, 0.3) is 0 Å². The number of allylic oxidation sites excluding steroid dienone is 4. The summed E-state index contributed by atoms with van der Waals surface area (Å²) in [5.41, 5.74) is 14.9. The molecule has 0 amide bonds. The molecule has 3 aliphatic carbocycles. The van der Waals surface area contributed by atoms with Gasteiger partial charge in [-0.05, 0) is 0 Å². The van der Waals surface area contributed by atoms with Gasteiger partial charge in [0.05, 0.1) is 0 Å². The molecule has 0 aliphatic heterocycles. The van der Waals surface area contributed by atoms with Gasteiger partial charge in [-0.1, -0.05) is 0 Å². The van der Waals surface area contributed by atoms with Crippen LogP contribution in [-0.4, -0.2) is 0 Å². The number of rotatable bonds is 2. The van der Waals surface area contributed by atoms with Crippen LogP contribution in [0.4, 0.5) is 0 Å². The first kappa shape index (κ1) is 25.5. The summed E-state index contributed by atoms with van der Waals surface area (Å²) in [6, 6.07) is 31.7. The molecular formula is C33H25Cl2Zr. The van der Waals surface area contributed by atoms with E-state index in [-0.39, 0.29) is 24.8 Å². The van der Waals surface area contributed by atoms with Crippen LogP contribution >= 0.6 is 0 Å². The molecule has 0 N–H and O–H groups in total. The van der Waals surface area contributed by atoms with Crippen molar-refractivity contribution >= 4 is 28.5 Å². The van der Waals surface area contributed by atoms with Crippen molar-refractivity contribution in [2.24, 2.45) is 0 Å². The summed E-state index contributed by atoms with van der Waals surface area (Å²) >= 11 is 1.58. The van der Waals surface area contributed by atoms with Crippen molar-refractivity contribution in [3.63, 3.8) is 0 Å². The standard InChI is InChI=1S/C33H25.2ClH.Zr/c1-20-17-23-10-4-7-13-26(23)32(20)33-27-14-8-5-11-24(27)19-30(33)31-21(2)18-29-25-12-6-3-9-22(25)15-16-28(29)31;;;/h3-19,31-32H,1-2H3;2*1H;/q;;;+2/p-2. The van der Waals surface area contributed by atoms with Crippen LogP contribution in [0.25, 0.3) is 28.5 Å². The second-order valence-electron chi connectivity index (χ2n) is 9.95. The molecule has 0 saturated carbocycles. The van der Waals surface area contributed by atoms with Gasteiger partial charge in [0.1, 0.15) is 0 Å². The Labute approximate surface area is 240 Å². The maximum absolute atomic E-state index is 2.46. The van der Waals surface area contributed by atoms with Gasteiger partial charge in [0.2, 0.25) is 0 Å². The molecule has 175 valence electrons. The Kier molecular flexibility index (Phi) is 6.80. The molecular weight excluding hydrogens is 558 g/mol. The summed E-state index contributed by atoms with van der Waals surface area (Å²) in [7, 11) is 0. The van der Waals surface area contributed by atoms with Gasteiger partial charge in [-0.15, -0.1) is 0 Å². The molecule has 0 fully saturated rings. The molecule has 0 aromatic heterocycles. The maximum atomic E-state index is 2.46. The number of benzene rings is 4. The van der Waals surface area contributed by atoms with Gasteiger partial charge in [-0.2, -0.15) is 0 Å². The predicted octanol–water partition coefficient (Wildman–Crippen LogP) is 2.60. The molecule has 0 bridgehead atoms. The van der Waals surface area contributed by atoms with Crippen molar-refractivity contribution in [1.82, 2.24) is 0 Å². The van der Waals surface area contributed by atoms with Crippen LogP contribution in [0.5, 0.6) is 0 Å². The van der Waals surface area contributed by atoms with Crippen molar-refractivity contribution in [3.8, 4) is 0 Å². The zero-order chi connectivity index (χ0) is 23.0. The number of hydrogen-bond acceptors (Lipinski definition) is 0. The Morgan fingerprint density at radius 2 is 1.28 bits per heavy atom. The van der Waals surface area contributed by atoms with E-state index in [0.717, 1.165) is 0 Å². The molecule has 0 saturated heterocycles. The summed E-state index contributed by atoms with van der Waals surface area (Å²) in [5.74, 6) is 0.696. The van der Waals surface area contributed by atoms with Gasteiger partial charge < -0.3 is 24.8 Å². The van der Waals surface area contributed by atoms with E-state index in [1.807, 2.05) is 0 Å². The van der Waals surface area contributed by atoms with Crippen LogP contribution in [0.2, 0.25) is 0 Å². The molecule has 0 heterocycles. The number of fused-ring (bicyclic) bond motifs is 5. The van der Waals surface area contributed by atoms with Crippen LogP contribution in [-0.2, 0) is 24.7 Å². The van der Waals surface area contributed by atoms with Crippen molar-refractivity contribution in [3.05, 3.63) is 135 Å². The van der Waals surface area contributed by atoms with Crippen molar-refractivity contribution in [1.29, 1.82) is 0 Å². The average Bonchev–Trinajstić information content (AvgIpc) is 3.46. The maximum Gasteiger partial charge on any atom is -1.00 e. The first-order valence-corrected chi connectivity index (χ1v) is 13.6. The Balaban J connectivity index is 0.00000133. The van der Waals surface area contributed by atoms with E-state index in [1.165, 1.54) is 55.3 Å². The third kappa shape index (κ3) is 3.59. The molecule has 3 aliphatic rings. The fourth-order valence-electron chi connectivity index (χ4n) is 6.67. The van der Waals surface area contributed by atoms with Crippen LogP contribution in [0, 0.1) is 0 Å². The van der Waals surface area contributed by atoms with Crippen molar-refractivity contribution in [2.45, 2.75) is 29.3 Å². The van der Waals surface area contributed by atoms with Crippen molar-refractivity contribution in [2.75, 3.05) is 0 Å². The zero-order valence-corrected chi connectivity index (χ0v) is 24.2. The summed E-state index contributed by atoms with van der Waals surface area (Å²) in [6.45, 7) is 4.67. The van der Waals surface area contributed by atoms with Gasteiger partial charge in [-0.3, -0.25) is 0 Å². The molecule has 4 aromatic carbocycles. The van der Waals surface area contributed by atoms with E-state index in [1.54, 1.807) is 35.9 Å². The number of halogens is 2. The smallest absolute Gasteiger partial charge is 1.00 e. The molecule has 3 atom stereocenters. The van der Waals surface area contributed by atoms with Gasteiger partial charge >= 0.3 is 218 Å². The minimum Gasteiger partial charge on any atom is -1.00 e. The second-order valence-corrected chi connectivity index (χ2v) is 11.4. The summed E-state index contributed by atoms with van der Waals surface area (Å²) in [6.07, 6.45) is 4.87. The monoisotopic (exact) mass is 581 g/mol. The molecule has 0 radical (unpaired) electrons. The molecule has 3 unspecified atom stereocenters. The Morgan fingerprint density at radius 3 is 2.11 bits per heavy atom. The summed E-state index contributed by atoms with van der Waals surface area (Å²) in [4.78, 5) is 0. The first-order chi connectivity index (χ1) is 16.6. The average molecular weight is 584 g/mol. The fourth-order valence-corrected chi connectivity index (χ4v) is 8.08. The van der Waals surface area contributed by atoms with E-state index in [2.05, 4.69) is 111 Å². The fraction of sp³-hybridized carbons (Fsp3) is 0.152. The third-order valence-corrected chi connectivity index (χ3v) is 9.60. The topological polar surface area (TPSA) is 0 Å². The van der Waals surface area contributed by atoms with Crippen LogP contribution in [0.1, 0.15) is 62.7 Å². The van der Waals surface area contributed by atoms with E-state index in [0.29, 0.717) is 15.5 Å². The van der Waals surface area contributed by atoms with Crippen LogP contribution < -0.4 is 24.8 Å². The van der Waals surface area contributed by atoms with Crippen LogP contribution in [0.3, 0.4) is 0 Å². The largest absolute Gasteiger partial charge is 1.00 e. The molecule has 4 aromatic rings. The first-order valence-electron chi connectivity index (χ1n) is 12.1. The third-order valence-electron chi connectivity index (χ3n) is 8.07. The van der Waals surface area contributed by atoms with E-state index < -0.39 is 0 Å². The molecule has 7 rings (SSSR count). The summed E-state index contributed by atoms with van der Waals surface area (Å²) in [5, 5.41) is 2.71. The SMILES string of the molecule is CC1=Cc2ccccc2C1C1=C(C2C(C)=Cc3c2ccc2ccccc32)[CH]([Zr+2])c2ccccc21.[Cl-].[Cl-]. The summed E-state index contributed by atoms with van der Waals surface area (Å²) < 4.78 is 0.490. The van der Waals surface area contributed by atoms with Crippen molar-refractivity contribution < 1.29 is 49.5 Å². The Morgan fingerprint density at radius 1 is 0.611 bits per heavy atom. The molecule has 0 nitrogen and oxygen atoms in total. The number of hydrogen-bond donors (Lipinski definition) is 0.